The van der Waals surface area contributed by atoms with Crippen LogP contribution < -0.4 is 0 Å². The van der Waals surface area contributed by atoms with Gasteiger partial charge in [-0.2, -0.15) is 0 Å². The van der Waals surface area contributed by atoms with Gasteiger partial charge in [0, 0.05) is 84.7 Å². The number of halogens is 2. The molecule has 0 radical (unpaired) electrons. The summed E-state index contributed by atoms with van der Waals surface area (Å²) in [5, 5.41) is 33.5. The maximum atomic E-state index is 11.5. The van der Waals surface area contributed by atoms with E-state index in [-0.39, 0.29) is 17.2 Å². The Labute approximate surface area is 248 Å². The molecule has 0 aromatic heterocycles. The molecule has 3 N–H and O–H groups in total. The quantitative estimate of drug-likeness (QED) is 0.228. The van der Waals surface area contributed by atoms with Crippen LogP contribution in [-0.2, 0) is 26.2 Å². The van der Waals surface area contributed by atoms with E-state index in [1.54, 1.807) is 36.4 Å². The van der Waals surface area contributed by atoms with Crippen molar-refractivity contribution in [3.63, 3.8) is 0 Å². The van der Waals surface area contributed by atoms with Crippen LogP contribution in [0.3, 0.4) is 0 Å². The molecule has 0 atom stereocenters. The van der Waals surface area contributed by atoms with Crippen LogP contribution >= 0.6 is 23.2 Å². The number of phenols is 3. The van der Waals surface area contributed by atoms with E-state index in [4.69, 9.17) is 23.2 Å². The third-order valence-electron chi connectivity index (χ3n) is 6.80. The fourth-order valence-corrected chi connectivity index (χ4v) is 5.00. The molecule has 40 heavy (non-hydrogen) atoms. The molecule has 218 valence electrons. The Hall–Kier alpha value is -2.52. The van der Waals surface area contributed by atoms with Crippen LogP contribution in [0.1, 0.15) is 27.8 Å². The molecule has 9 heteroatoms. The van der Waals surface area contributed by atoms with Gasteiger partial charge in [0.15, 0.2) is 0 Å². The summed E-state index contributed by atoms with van der Waals surface area (Å²) in [6.07, 6.45) is 0. The zero-order valence-corrected chi connectivity index (χ0v) is 25.7. The minimum Gasteiger partial charge on any atom is -0.508 e. The largest absolute Gasteiger partial charge is 0.508 e. The van der Waals surface area contributed by atoms with E-state index in [9.17, 15) is 15.3 Å². The summed E-state index contributed by atoms with van der Waals surface area (Å²) in [4.78, 5) is 8.63. The zero-order chi connectivity index (χ0) is 29.4. The number of phenolic OH excluding ortho intramolecular Hbond substituents is 3. The SMILES string of the molecule is Cc1cc(CN(CCN(C)C)Cc2cc(Cl)ccc2O)c(O)c(CN(CCN(C)C)Cc2cc(Cl)ccc2O)c1. The summed E-state index contributed by atoms with van der Waals surface area (Å²) in [5.41, 5.74) is 4.20. The normalized spacial score (nSPS) is 11.9. The van der Waals surface area contributed by atoms with E-state index in [0.717, 1.165) is 54.0 Å². The standard InChI is InChI=1S/C31H42Cl2N4O3/c1-22-14-25(20-36(12-10-34(2)3)18-23-16-27(32)6-8-29(23)38)31(40)26(15-22)21-37(13-11-35(4)5)19-24-17-28(33)7-9-30(24)39/h6-9,14-17,38-40H,10-13,18-21H2,1-5H3. The third kappa shape index (κ3) is 9.84. The van der Waals surface area contributed by atoms with Crippen LogP contribution in [0.15, 0.2) is 48.5 Å². The van der Waals surface area contributed by atoms with E-state index in [1.165, 1.54) is 0 Å². The maximum absolute atomic E-state index is 11.5. The van der Waals surface area contributed by atoms with Gasteiger partial charge in [-0.25, -0.2) is 0 Å². The van der Waals surface area contributed by atoms with Crippen LogP contribution in [0, 0.1) is 6.92 Å². The molecule has 0 unspecified atom stereocenters. The molecule has 3 rings (SSSR count). The Bertz CT molecular complexity index is 1180. The van der Waals surface area contributed by atoms with Gasteiger partial charge in [-0.15, -0.1) is 0 Å². The van der Waals surface area contributed by atoms with E-state index in [0.29, 0.717) is 36.2 Å². The van der Waals surface area contributed by atoms with Gasteiger partial charge in [0.05, 0.1) is 0 Å². The van der Waals surface area contributed by atoms with Gasteiger partial charge in [0.25, 0.3) is 0 Å². The lowest BCUT2D eigenvalue weighted by atomic mass is 10.0. The second-order valence-electron chi connectivity index (χ2n) is 11.0. The number of hydrogen-bond donors (Lipinski definition) is 3. The fraction of sp³-hybridized carbons (Fsp3) is 0.419. The molecular weight excluding hydrogens is 547 g/mol. The Morgan fingerprint density at radius 3 is 1.30 bits per heavy atom. The van der Waals surface area contributed by atoms with Crippen molar-refractivity contribution in [2.75, 3.05) is 54.4 Å². The van der Waals surface area contributed by atoms with Crippen molar-refractivity contribution in [1.82, 2.24) is 19.6 Å². The topological polar surface area (TPSA) is 73.7 Å². The Morgan fingerprint density at radius 1 is 0.550 bits per heavy atom. The molecular formula is C31H42Cl2N4O3. The molecule has 0 fully saturated rings. The summed E-state index contributed by atoms with van der Waals surface area (Å²) in [7, 11) is 8.10. The molecule has 0 saturated carbocycles. The molecule has 0 saturated heterocycles. The molecule has 0 spiro atoms. The first-order valence-corrected chi connectivity index (χ1v) is 14.2. The lowest BCUT2D eigenvalue weighted by Crippen LogP contribution is -2.32. The van der Waals surface area contributed by atoms with E-state index in [2.05, 4.69) is 19.6 Å². The molecule has 0 amide bonds. The first-order valence-electron chi connectivity index (χ1n) is 13.4. The minimum absolute atomic E-state index is 0.203. The average Bonchev–Trinajstić information content (AvgIpc) is 2.88. The van der Waals surface area contributed by atoms with E-state index < -0.39 is 0 Å². The number of rotatable bonds is 14. The van der Waals surface area contributed by atoms with Crippen LogP contribution in [0.25, 0.3) is 0 Å². The van der Waals surface area contributed by atoms with Gasteiger partial charge in [0.1, 0.15) is 17.2 Å². The average molecular weight is 590 g/mol. The highest BCUT2D eigenvalue weighted by atomic mass is 35.5. The monoisotopic (exact) mass is 588 g/mol. The van der Waals surface area contributed by atoms with Gasteiger partial charge in [0.2, 0.25) is 0 Å². The van der Waals surface area contributed by atoms with Gasteiger partial charge >= 0.3 is 0 Å². The highest BCUT2D eigenvalue weighted by Gasteiger charge is 2.18. The van der Waals surface area contributed by atoms with Crippen molar-refractivity contribution in [2.24, 2.45) is 0 Å². The second-order valence-corrected chi connectivity index (χ2v) is 11.9. The van der Waals surface area contributed by atoms with Crippen molar-refractivity contribution in [1.29, 1.82) is 0 Å². The number of aromatic hydroxyl groups is 3. The molecule has 3 aromatic carbocycles. The lowest BCUT2D eigenvalue weighted by Gasteiger charge is -2.27. The van der Waals surface area contributed by atoms with Crippen LogP contribution in [0.2, 0.25) is 10.0 Å². The number of likely N-dealkylation sites (N-methyl/N-ethyl adjacent to an activating group) is 2. The predicted molar refractivity (Wildman–Crippen MR) is 164 cm³/mol. The van der Waals surface area contributed by atoms with Crippen LogP contribution in [0.4, 0.5) is 0 Å². The molecule has 0 aliphatic heterocycles. The molecule has 0 aliphatic carbocycles. The van der Waals surface area contributed by atoms with Gasteiger partial charge in [-0.05, 0) is 71.5 Å². The van der Waals surface area contributed by atoms with E-state index >= 15 is 0 Å². The highest BCUT2D eigenvalue weighted by Crippen LogP contribution is 2.30. The predicted octanol–water partition coefficient (Wildman–Crippen LogP) is 5.55. The molecule has 0 aliphatic rings. The van der Waals surface area contributed by atoms with Gasteiger partial charge in [-0.1, -0.05) is 40.9 Å². The Kier molecular flexibility index (Phi) is 11.9. The summed E-state index contributed by atoms with van der Waals surface area (Å²) in [6.45, 7) is 7.16. The molecule has 3 aromatic rings. The van der Waals surface area contributed by atoms with Crippen molar-refractivity contribution in [3.8, 4) is 17.2 Å². The number of nitrogens with zero attached hydrogens (tertiary/aromatic N) is 4. The summed E-state index contributed by atoms with van der Waals surface area (Å²) < 4.78 is 0. The Balaban J connectivity index is 1.88. The summed E-state index contributed by atoms with van der Waals surface area (Å²) in [6, 6.07) is 14.2. The first-order chi connectivity index (χ1) is 18.9. The zero-order valence-electron chi connectivity index (χ0n) is 24.2. The second kappa shape index (κ2) is 14.9. The maximum Gasteiger partial charge on any atom is 0.124 e. The van der Waals surface area contributed by atoms with Crippen molar-refractivity contribution in [2.45, 2.75) is 33.1 Å². The minimum atomic E-state index is 0.203. The van der Waals surface area contributed by atoms with Crippen LogP contribution in [0.5, 0.6) is 17.2 Å². The number of benzene rings is 3. The smallest absolute Gasteiger partial charge is 0.124 e. The van der Waals surface area contributed by atoms with Gasteiger partial charge < -0.3 is 25.1 Å². The molecule has 0 bridgehead atoms. The first kappa shape index (κ1) is 32.0. The number of aryl methyl sites for hydroxylation is 1. The van der Waals surface area contributed by atoms with E-state index in [1.807, 2.05) is 47.2 Å². The highest BCUT2D eigenvalue weighted by molar-refractivity contribution is 6.31. The Morgan fingerprint density at radius 2 is 0.925 bits per heavy atom. The van der Waals surface area contributed by atoms with Crippen molar-refractivity contribution in [3.05, 3.63) is 86.4 Å². The van der Waals surface area contributed by atoms with Crippen molar-refractivity contribution < 1.29 is 15.3 Å². The third-order valence-corrected chi connectivity index (χ3v) is 7.27. The molecule has 0 heterocycles. The summed E-state index contributed by atoms with van der Waals surface area (Å²) >= 11 is 12.4. The summed E-state index contributed by atoms with van der Waals surface area (Å²) in [5.74, 6) is 0.671. The lowest BCUT2D eigenvalue weighted by molar-refractivity contribution is 0.216. The fourth-order valence-electron chi connectivity index (χ4n) is 4.61. The molecule has 7 nitrogen and oxygen atoms in total. The number of hydrogen-bond acceptors (Lipinski definition) is 7. The van der Waals surface area contributed by atoms with Crippen LogP contribution in [-0.4, -0.2) is 89.3 Å². The van der Waals surface area contributed by atoms with Gasteiger partial charge in [-0.3, -0.25) is 9.80 Å². The van der Waals surface area contributed by atoms with Crippen molar-refractivity contribution >= 4 is 23.2 Å².